The van der Waals surface area contributed by atoms with Gasteiger partial charge in [-0.3, -0.25) is 4.79 Å². The van der Waals surface area contributed by atoms with Crippen molar-refractivity contribution in [3.8, 4) is 0 Å². The van der Waals surface area contributed by atoms with Crippen molar-refractivity contribution in [2.45, 2.75) is 51.9 Å². The average molecular weight is 338 g/mol. The number of esters is 1. The molecule has 5 nitrogen and oxygen atoms in total. The van der Waals surface area contributed by atoms with E-state index in [2.05, 4.69) is 19.6 Å². The Labute approximate surface area is 138 Å². The molecular weight excluding hydrogens is 312 g/mol. The Kier molecular flexibility index (Phi) is 4.87. The van der Waals surface area contributed by atoms with Crippen LogP contribution in [0, 0.1) is 5.41 Å². The molecular formula is C17H26O5Si. The number of hydrogen-bond donors (Lipinski definition) is 0. The minimum atomic E-state index is -1.84. The van der Waals surface area contributed by atoms with Crippen molar-refractivity contribution in [3.63, 3.8) is 0 Å². The second-order valence-corrected chi connectivity index (χ2v) is 11.7. The molecule has 0 aromatic rings. The normalized spacial score (nSPS) is 28.2. The fourth-order valence-corrected chi connectivity index (χ4v) is 4.41. The molecule has 0 aromatic heterocycles. The van der Waals surface area contributed by atoms with Gasteiger partial charge in [0.05, 0.1) is 24.4 Å². The van der Waals surface area contributed by atoms with Gasteiger partial charge in [0.25, 0.3) is 0 Å². The maximum absolute atomic E-state index is 12.6. The Morgan fingerprint density at radius 2 is 1.91 bits per heavy atom. The molecule has 0 bridgehead atoms. The maximum Gasteiger partial charge on any atom is 0.334 e. The summed E-state index contributed by atoms with van der Waals surface area (Å²) in [5.74, 6) is 0.418. The molecule has 0 spiro atoms. The van der Waals surface area contributed by atoms with Gasteiger partial charge in [0.15, 0.2) is 0 Å². The van der Waals surface area contributed by atoms with Crippen LogP contribution in [0.15, 0.2) is 23.0 Å². The molecule has 0 heterocycles. The van der Waals surface area contributed by atoms with Gasteiger partial charge in [0.1, 0.15) is 5.78 Å². The summed E-state index contributed by atoms with van der Waals surface area (Å²) in [6.07, 6.45) is 2.81. The monoisotopic (exact) mass is 338 g/mol. The van der Waals surface area contributed by atoms with E-state index in [9.17, 15) is 9.59 Å². The third kappa shape index (κ3) is 3.28. The first-order valence-corrected chi connectivity index (χ1v) is 11.3. The lowest BCUT2D eigenvalue weighted by Gasteiger charge is -2.31. The summed E-state index contributed by atoms with van der Waals surface area (Å²) >= 11 is 0. The number of methoxy groups -OCH3 is 2. The lowest BCUT2D eigenvalue weighted by Crippen LogP contribution is -2.38. The van der Waals surface area contributed by atoms with Crippen molar-refractivity contribution in [3.05, 3.63) is 23.0 Å². The number of carbonyl (C=O) groups is 2. The first kappa shape index (κ1) is 17.9. The van der Waals surface area contributed by atoms with Gasteiger partial charge in [-0.2, -0.15) is 0 Å². The largest absolute Gasteiger partial charge is 0.547 e. The number of rotatable bonds is 4. The van der Waals surface area contributed by atoms with E-state index < -0.39 is 19.8 Å². The van der Waals surface area contributed by atoms with E-state index in [1.165, 1.54) is 7.11 Å². The van der Waals surface area contributed by atoms with Crippen LogP contribution in [0.3, 0.4) is 0 Å². The number of ether oxygens (including phenoxy) is 2. The highest BCUT2D eigenvalue weighted by atomic mass is 28.4. The fraction of sp³-hybridized carbons (Fsp3) is 0.647. The summed E-state index contributed by atoms with van der Waals surface area (Å²) in [6, 6.07) is 0. The molecule has 0 N–H and O–H groups in total. The molecule has 1 fully saturated rings. The summed E-state index contributed by atoms with van der Waals surface area (Å²) in [7, 11) is 1.11. The van der Waals surface area contributed by atoms with Crippen LogP contribution < -0.4 is 0 Å². The molecule has 23 heavy (non-hydrogen) atoms. The summed E-state index contributed by atoms with van der Waals surface area (Å²) in [4.78, 5) is 24.9. The van der Waals surface area contributed by atoms with Gasteiger partial charge in [-0.1, -0.05) is 0 Å². The molecule has 2 rings (SSSR count). The number of allylic oxidation sites excluding steroid dienone is 1. The zero-order chi connectivity index (χ0) is 17.4. The second kappa shape index (κ2) is 6.24. The molecule has 0 unspecified atom stereocenters. The van der Waals surface area contributed by atoms with Gasteiger partial charge in [-0.05, 0) is 44.6 Å². The Bertz CT molecular complexity index is 584. The number of Topliss-reactive ketones (excluding diaryl/α,β-unsaturated/α-hetero) is 1. The standard InChI is InChI=1S/C17H26O5Si/c1-17-13(7-8-14(17)18)12(16(19)21-3)9-11(10-15(17)20-2)22-23(4,5)6/h10,15H,7-9H2,1-6H3/t15-,17-/m0/s1. The smallest absolute Gasteiger partial charge is 0.334 e. The Morgan fingerprint density at radius 3 is 2.43 bits per heavy atom. The predicted molar refractivity (Wildman–Crippen MR) is 89.3 cm³/mol. The zero-order valence-electron chi connectivity index (χ0n) is 14.8. The van der Waals surface area contributed by atoms with Crippen LogP contribution in [0.1, 0.15) is 26.2 Å². The van der Waals surface area contributed by atoms with Gasteiger partial charge in [0, 0.05) is 25.5 Å². The van der Waals surface area contributed by atoms with Gasteiger partial charge in [0.2, 0.25) is 8.32 Å². The van der Waals surface area contributed by atoms with E-state index in [4.69, 9.17) is 13.9 Å². The van der Waals surface area contributed by atoms with E-state index in [-0.39, 0.29) is 11.8 Å². The highest BCUT2D eigenvalue weighted by Gasteiger charge is 2.51. The highest BCUT2D eigenvalue weighted by molar-refractivity contribution is 6.70. The van der Waals surface area contributed by atoms with Gasteiger partial charge < -0.3 is 13.9 Å². The first-order valence-electron chi connectivity index (χ1n) is 7.90. The summed E-state index contributed by atoms with van der Waals surface area (Å²) in [5, 5.41) is 0. The second-order valence-electron chi connectivity index (χ2n) is 7.25. The summed E-state index contributed by atoms with van der Waals surface area (Å²) in [6.45, 7) is 8.11. The van der Waals surface area contributed by atoms with Crippen LogP contribution in [0.5, 0.6) is 0 Å². The first-order chi connectivity index (χ1) is 10.6. The summed E-state index contributed by atoms with van der Waals surface area (Å²) < 4.78 is 16.7. The van der Waals surface area contributed by atoms with Crippen LogP contribution in [-0.2, 0) is 23.5 Å². The third-order valence-corrected chi connectivity index (χ3v) is 5.43. The zero-order valence-corrected chi connectivity index (χ0v) is 15.8. The van der Waals surface area contributed by atoms with Gasteiger partial charge in [-0.25, -0.2) is 4.79 Å². The molecule has 0 saturated heterocycles. The van der Waals surface area contributed by atoms with E-state index in [0.717, 1.165) is 5.57 Å². The lowest BCUT2D eigenvalue weighted by molar-refractivity contribution is -0.136. The number of fused-ring (bicyclic) bond motifs is 1. The molecule has 2 aliphatic rings. The fourth-order valence-electron chi connectivity index (χ4n) is 3.48. The van der Waals surface area contributed by atoms with Crippen LogP contribution in [0.25, 0.3) is 0 Å². The molecule has 0 aromatic carbocycles. The topological polar surface area (TPSA) is 61.8 Å². The van der Waals surface area contributed by atoms with Crippen molar-refractivity contribution < 1.29 is 23.5 Å². The van der Waals surface area contributed by atoms with Gasteiger partial charge in [-0.15, -0.1) is 0 Å². The number of ketones is 1. The van der Waals surface area contributed by atoms with E-state index in [1.807, 2.05) is 13.0 Å². The maximum atomic E-state index is 12.6. The van der Waals surface area contributed by atoms with Crippen molar-refractivity contribution in [2.75, 3.05) is 14.2 Å². The number of hydrogen-bond acceptors (Lipinski definition) is 5. The quantitative estimate of drug-likeness (QED) is 0.582. The molecule has 0 radical (unpaired) electrons. The van der Waals surface area contributed by atoms with Crippen molar-refractivity contribution in [2.24, 2.45) is 5.41 Å². The average Bonchev–Trinajstić information content (AvgIpc) is 2.69. The molecule has 0 aliphatic heterocycles. The lowest BCUT2D eigenvalue weighted by atomic mass is 9.77. The highest BCUT2D eigenvalue weighted by Crippen LogP contribution is 2.49. The molecule has 6 heteroatoms. The van der Waals surface area contributed by atoms with Gasteiger partial charge >= 0.3 is 5.97 Å². The van der Waals surface area contributed by atoms with Crippen molar-refractivity contribution >= 4 is 20.1 Å². The van der Waals surface area contributed by atoms with Crippen LogP contribution in [0.4, 0.5) is 0 Å². The molecule has 0 amide bonds. The third-order valence-electron chi connectivity index (χ3n) is 4.55. The SMILES string of the molecule is COC(=O)C1=C2CCC(=O)[C@@]2(C)[C@@H](OC)C=C(O[Si](C)(C)C)C1. The van der Waals surface area contributed by atoms with E-state index >= 15 is 0 Å². The Hall–Kier alpha value is -1.40. The van der Waals surface area contributed by atoms with Crippen LogP contribution >= 0.6 is 0 Å². The molecule has 128 valence electrons. The minimum Gasteiger partial charge on any atom is -0.547 e. The minimum absolute atomic E-state index is 0.103. The Morgan fingerprint density at radius 1 is 1.26 bits per heavy atom. The van der Waals surface area contributed by atoms with Crippen LogP contribution in [0.2, 0.25) is 19.6 Å². The van der Waals surface area contributed by atoms with Crippen molar-refractivity contribution in [1.82, 2.24) is 0 Å². The predicted octanol–water partition coefficient (Wildman–Crippen LogP) is 2.98. The van der Waals surface area contributed by atoms with E-state index in [0.29, 0.717) is 30.6 Å². The molecule has 2 atom stereocenters. The molecule has 2 aliphatic carbocycles. The van der Waals surface area contributed by atoms with E-state index in [1.54, 1.807) is 7.11 Å². The Balaban J connectivity index is 2.58. The van der Waals surface area contributed by atoms with Crippen LogP contribution in [-0.4, -0.2) is 40.4 Å². The van der Waals surface area contributed by atoms with Crippen molar-refractivity contribution in [1.29, 1.82) is 0 Å². The summed E-state index contributed by atoms with van der Waals surface area (Å²) in [5.41, 5.74) is 0.569. The molecule has 1 saturated carbocycles. The number of carbonyl (C=O) groups excluding carboxylic acids is 2.